The van der Waals surface area contributed by atoms with E-state index in [1.165, 1.54) is 0 Å². The van der Waals surface area contributed by atoms with E-state index in [0.717, 1.165) is 38.7 Å². The van der Waals surface area contributed by atoms with Crippen LogP contribution in [0.4, 0.5) is 14.7 Å². The first-order chi connectivity index (χ1) is 17.9. The second kappa shape index (κ2) is 10.1. The summed E-state index contributed by atoms with van der Waals surface area (Å²) in [5.74, 6) is -0.700. The Morgan fingerprint density at radius 2 is 1.89 bits per heavy atom. The third-order valence-corrected chi connectivity index (χ3v) is 8.29. The normalized spacial score (nSPS) is 18.9. The smallest absolute Gasteiger partial charge is 0.261 e. The standard InChI is InChI=1S/C28H28F2N2O4S/c29-28(30)6-7-31(18-28)8-13-35-22-4-5-25-20(15-22)14-19-2-1-3-23(27(19)37-25)24-16-21(33)17-26(36-24)32-9-11-34-12-10-32/h1-5,15-17H,6-14,18H2. The average molecular weight is 527 g/mol. The highest BCUT2D eigenvalue weighted by molar-refractivity contribution is 7.99. The highest BCUT2D eigenvalue weighted by Crippen LogP contribution is 2.45. The zero-order valence-electron chi connectivity index (χ0n) is 20.4. The van der Waals surface area contributed by atoms with Gasteiger partial charge in [0, 0.05) is 60.1 Å². The Morgan fingerprint density at radius 1 is 1.03 bits per heavy atom. The van der Waals surface area contributed by atoms with E-state index in [-0.39, 0.29) is 18.4 Å². The summed E-state index contributed by atoms with van der Waals surface area (Å²) in [5, 5.41) is 0. The number of benzene rings is 2. The fourth-order valence-corrected chi connectivity index (χ4v) is 6.23. The van der Waals surface area contributed by atoms with Crippen LogP contribution in [0.25, 0.3) is 11.3 Å². The van der Waals surface area contributed by atoms with E-state index in [2.05, 4.69) is 6.07 Å². The molecule has 0 atom stereocenters. The fourth-order valence-electron chi connectivity index (χ4n) is 5.06. The summed E-state index contributed by atoms with van der Waals surface area (Å²) in [6.07, 6.45) is 0.653. The molecule has 0 spiro atoms. The lowest BCUT2D eigenvalue weighted by Crippen LogP contribution is -2.36. The Hall–Kier alpha value is -2.88. The van der Waals surface area contributed by atoms with Gasteiger partial charge in [-0.05, 0) is 35.7 Å². The molecule has 1 aromatic heterocycles. The summed E-state index contributed by atoms with van der Waals surface area (Å²) in [7, 11) is 0. The molecule has 0 bridgehead atoms. The molecule has 2 fully saturated rings. The predicted molar refractivity (Wildman–Crippen MR) is 138 cm³/mol. The summed E-state index contributed by atoms with van der Waals surface area (Å²) in [6, 6.07) is 15.2. The first-order valence-electron chi connectivity index (χ1n) is 12.6. The largest absolute Gasteiger partial charge is 0.492 e. The van der Waals surface area contributed by atoms with Crippen molar-refractivity contribution in [2.24, 2.45) is 0 Å². The molecule has 3 aliphatic rings. The summed E-state index contributed by atoms with van der Waals surface area (Å²) in [4.78, 5) is 18.6. The van der Waals surface area contributed by atoms with Gasteiger partial charge in [-0.1, -0.05) is 30.0 Å². The van der Waals surface area contributed by atoms with E-state index in [9.17, 15) is 13.6 Å². The van der Waals surface area contributed by atoms with Gasteiger partial charge in [-0.15, -0.1) is 0 Å². The van der Waals surface area contributed by atoms with Crippen molar-refractivity contribution in [3.8, 4) is 17.1 Å². The molecule has 0 amide bonds. The van der Waals surface area contributed by atoms with Crippen LogP contribution in [0.5, 0.6) is 5.75 Å². The molecule has 0 N–H and O–H groups in total. The quantitative estimate of drug-likeness (QED) is 0.354. The Kier molecular flexibility index (Phi) is 6.69. The van der Waals surface area contributed by atoms with Crippen molar-refractivity contribution in [3.63, 3.8) is 0 Å². The summed E-state index contributed by atoms with van der Waals surface area (Å²) >= 11 is 1.66. The molecule has 2 aromatic carbocycles. The lowest BCUT2D eigenvalue weighted by atomic mass is 10.0. The molecule has 6 rings (SSSR count). The first kappa shape index (κ1) is 24.5. The van der Waals surface area contributed by atoms with Gasteiger partial charge in [-0.2, -0.15) is 0 Å². The molecule has 194 valence electrons. The lowest BCUT2D eigenvalue weighted by Gasteiger charge is -2.27. The van der Waals surface area contributed by atoms with Crippen LogP contribution >= 0.6 is 11.8 Å². The maximum absolute atomic E-state index is 13.4. The third kappa shape index (κ3) is 5.39. The number of anilines is 1. The van der Waals surface area contributed by atoms with Crippen LogP contribution in [0.2, 0.25) is 0 Å². The summed E-state index contributed by atoms with van der Waals surface area (Å²) < 4.78 is 44.4. The number of hydrogen-bond acceptors (Lipinski definition) is 7. The summed E-state index contributed by atoms with van der Waals surface area (Å²) in [5.41, 5.74) is 3.14. The average Bonchev–Trinajstić information content (AvgIpc) is 3.25. The zero-order chi connectivity index (χ0) is 25.4. The molecular weight excluding hydrogens is 498 g/mol. The number of nitrogens with zero attached hydrogens (tertiary/aromatic N) is 2. The van der Waals surface area contributed by atoms with Crippen LogP contribution in [0.1, 0.15) is 17.5 Å². The van der Waals surface area contributed by atoms with Crippen molar-refractivity contribution in [2.75, 3.05) is 57.4 Å². The Labute approximate surface area is 218 Å². The molecule has 0 aliphatic carbocycles. The lowest BCUT2D eigenvalue weighted by molar-refractivity contribution is 0.0113. The highest BCUT2D eigenvalue weighted by Gasteiger charge is 2.37. The zero-order valence-corrected chi connectivity index (χ0v) is 21.2. The second-order valence-corrected chi connectivity index (χ2v) is 10.7. The minimum Gasteiger partial charge on any atom is -0.492 e. The fraction of sp³-hybridized carbons (Fsp3) is 0.393. The molecule has 0 unspecified atom stereocenters. The number of hydrogen-bond donors (Lipinski definition) is 0. The molecule has 4 heterocycles. The van der Waals surface area contributed by atoms with Crippen LogP contribution in [0, 0.1) is 0 Å². The molecule has 37 heavy (non-hydrogen) atoms. The van der Waals surface area contributed by atoms with Gasteiger partial charge in [0.25, 0.3) is 5.92 Å². The van der Waals surface area contributed by atoms with Crippen molar-refractivity contribution in [2.45, 2.75) is 28.6 Å². The number of likely N-dealkylation sites (tertiary alicyclic amines) is 1. The molecule has 3 aliphatic heterocycles. The van der Waals surface area contributed by atoms with Gasteiger partial charge >= 0.3 is 0 Å². The number of ether oxygens (including phenoxy) is 2. The van der Waals surface area contributed by atoms with Crippen LogP contribution in [0.15, 0.2) is 67.5 Å². The van der Waals surface area contributed by atoms with Crippen LogP contribution < -0.4 is 15.1 Å². The second-order valence-electron chi connectivity index (χ2n) is 9.67. The van der Waals surface area contributed by atoms with E-state index in [4.69, 9.17) is 13.9 Å². The number of fused-ring (bicyclic) bond motifs is 2. The topological polar surface area (TPSA) is 55.2 Å². The first-order valence-corrected chi connectivity index (χ1v) is 13.4. The van der Waals surface area contributed by atoms with Gasteiger partial charge in [0.1, 0.15) is 18.1 Å². The van der Waals surface area contributed by atoms with Gasteiger partial charge in [-0.3, -0.25) is 9.69 Å². The molecule has 0 radical (unpaired) electrons. The van der Waals surface area contributed by atoms with Crippen molar-refractivity contribution in [1.82, 2.24) is 4.90 Å². The van der Waals surface area contributed by atoms with Gasteiger partial charge in [0.05, 0.1) is 19.8 Å². The number of halogens is 2. The molecule has 9 heteroatoms. The van der Waals surface area contributed by atoms with E-state index in [1.807, 2.05) is 35.2 Å². The number of alkyl halides is 2. The van der Waals surface area contributed by atoms with Crippen molar-refractivity contribution < 1.29 is 22.7 Å². The minimum absolute atomic E-state index is 0.0780. The SMILES string of the molecule is O=c1cc(-c2cccc3c2Sc2ccc(OCCN4CCC(F)(F)C4)cc2C3)oc(N2CCOCC2)c1. The maximum atomic E-state index is 13.4. The molecular formula is C28H28F2N2O4S. The monoisotopic (exact) mass is 526 g/mol. The van der Waals surface area contributed by atoms with E-state index in [0.29, 0.717) is 57.6 Å². The molecule has 3 aromatic rings. The predicted octanol–water partition coefficient (Wildman–Crippen LogP) is 4.92. The Balaban J connectivity index is 1.19. The van der Waals surface area contributed by atoms with Crippen LogP contribution in [0.3, 0.4) is 0 Å². The molecule has 2 saturated heterocycles. The van der Waals surface area contributed by atoms with Gasteiger partial charge in [0.2, 0.25) is 0 Å². The van der Waals surface area contributed by atoms with Gasteiger partial charge in [-0.25, -0.2) is 8.78 Å². The highest BCUT2D eigenvalue weighted by atomic mass is 32.2. The Bertz CT molecular complexity index is 1360. The van der Waals surface area contributed by atoms with E-state index < -0.39 is 5.92 Å². The number of morpholine rings is 1. The van der Waals surface area contributed by atoms with Crippen LogP contribution in [-0.4, -0.2) is 63.4 Å². The van der Waals surface area contributed by atoms with Gasteiger partial charge < -0.3 is 18.8 Å². The van der Waals surface area contributed by atoms with Gasteiger partial charge in [0.15, 0.2) is 11.3 Å². The Morgan fingerprint density at radius 3 is 2.70 bits per heavy atom. The van der Waals surface area contributed by atoms with Crippen molar-refractivity contribution >= 4 is 17.6 Å². The molecule has 6 nitrogen and oxygen atoms in total. The van der Waals surface area contributed by atoms with E-state index >= 15 is 0 Å². The third-order valence-electron chi connectivity index (χ3n) is 6.99. The maximum Gasteiger partial charge on any atom is 0.261 e. The summed E-state index contributed by atoms with van der Waals surface area (Å²) in [6.45, 7) is 3.69. The van der Waals surface area contributed by atoms with Crippen molar-refractivity contribution in [1.29, 1.82) is 0 Å². The van der Waals surface area contributed by atoms with Crippen molar-refractivity contribution in [3.05, 3.63) is 69.9 Å². The minimum atomic E-state index is -2.58. The van der Waals surface area contributed by atoms with Crippen LogP contribution in [-0.2, 0) is 11.2 Å². The number of rotatable bonds is 6. The van der Waals surface area contributed by atoms with E-state index in [1.54, 1.807) is 28.8 Å². The molecule has 0 saturated carbocycles.